The second-order valence-electron chi connectivity index (χ2n) is 7.71. The minimum absolute atomic E-state index is 0.0689. The number of likely N-dealkylation sites (N-methyl/N-ethyl adjacent to an activating group) is 1. The Kier molecular flexibility index (Phi) is 4.55. The molecule has 3 heterocycles. The minimum atomic E-state index is -4.44. The van der Waals surface area contributed by atoms with Gasteiger partial charge in [-0.3, -0.25) is 9.20 Å². The fourth-order valence-corrected chi connectivity index (χ4v) is 4.08. The number of ether oxygens (including phenoxy) is 1. The summed E-state index contributed by atoms with van der Waals surface area (Å²) in [5, 5.41) is 0. The van der Waals surface area contributed by atoms with E-state index in [1.807, 2.05) is 0 Å². The monoisotopic (exact) mass is 441 g/mol. The number of fused-ring (bicyclic) bond motifs is 4. The average molecular weight is 441 g/mol. The number of nitrogens with zero attached hydrogens (tertiary/aromatic N) is 4. The van der Waals surface area contributed by atoms with Gasteiger partial charge in [-0.25, -0.2) is 9.97 Å². The van der Waals surface area contributed by atoms with Gasteiger partial charge >= 0.3 is 6.18 Å². The second-order valence-corrected chi connectivity index (χ2v) is 7.71. The van der Waals surface area contributed by atoms with Gasteiger partial charge in [0.05, 0.1) is 48.4 Å². The topological polar surface area (TPSA) is 85.8 Å². The molecule has 0 saturated carbocycles. The summed E-state index contributed by atoms with van der Waals surface area (Å²) in [5.41, 5.74) is 8.61. The molecule has 0 radical (unpaired) electrons. The number of carbonyl (C=O) groups is 1. The van der Waals surface area contributed by atoms with E-state index >= 15 is 0 Å². The lowest BCUT2D eigenvalue weighted by Crippen LogP contribution is -2.36. The largest absolute Gasteiger partial charge is 0.416 e. The smallest absolute Gasteiger partial charge is 0.382 e. The van der Waals surface area contributed by atoms with Gasteiger partial charge in [0.25, 0.3) is 5.91 Å². The molecule has 2 N–H and O–H groups in total. The molecule has 0 aliphatic carbocycles. The van der Waals surface area contributed by atoms with E-state index in [-0.39, 0.29) is 19.1 Å². The van der Waals surface area contributed by atoms with Crippen molar-refractivity contribution in [2.75, 3.05) is 19.4 Å². The van der Waals surface area contributed by atoms with Crippen molar-refractivity contribution in [2.45, 2.75) is 18.8 Å². The third kappa shape index (κ3) is 3.23. The van der Waals surface area contributed by atoms with Gasteiger partial charge in [0.2, 0.25) is 0 Å². The molecule has 2 aromatic carbocycles. The molecule has 1 atom stereocenters. The van der Waals surface area contributed by atoms with Gasteiger partial charge in [0.1, 0.15) is 11.3 Å². The maximum Gasteiger partial charge on any atom is 0.416 e. The van der Waals surface area contributed by atoms with Gasteiger partial charge in [-0.1, -0.05) is 6.07 Å². The maximum absolute atomic E-state index is 13.3. The summed E-state index contributed by atoms with van der Waals surface area (Å²) in [7, 11) is 1.61. The predicted molar refractivity (Wildman–Crippen MR) is 111 cm³/mol. The van der Waals surface area contributed by atoms with Gasteiger partial charge in [-0.15, -0.1) is 0 Å². The van der Waals surface area contributed by atoms with E-state index in [0.29, 0.717) is 39.1 Å². The SMILES string of the molecule is CN(C(=O)c1ccc2nc(N)c3cncn3c2c1)C1COCc2cc(C(F)(F)F)ccc21. The number of amides is 1. The maximum atomic E-state index is 13.3. The Bertz CT molecular complexity index is 1370. The molecule has 0 spiro atoms. The van der Waals surface area contributed by atoms with Crippen molar-refractivity contribution < 1.29 is 22.7 Å². The molecule has 32 heavy (non-hydrogen) atoms. The molecule has 1 aliphatic rings. The van der Waals surface area contributed by atoms with Crippen molar-refractivity contribution in [2.24, 2.45) is 0 Å². The highest BCUT2D eigenvalue weighted by atomic mass is 19.4. The van der Waals surface area contributed by atoms with Crippen molar-refractivity contribution in [3.63, 3.8) is 0 Å². The molecule has 10 heteroatoms. The zero-order valence-electron chi connectivity index (χ0n) is 16.9. The van der Waals surface area contributed by atoms with Crippen LogP contribution in [0.25, 0.3) is 16.6 Å². The summed E-state index contributed by atoms with van der Waals surface area (Å²) in [6.07, 6.45) is -1.25. The van der Waals surface area contributed by atoms with Crippen LogP contribution in [-0.2, 0) is 17.5 Å². The first-order valence-electron chi connectivity index (χ1n) is 9.80. The normalized spacial score (nSPS) is 16.3. The van der Waals surface area contributed by atoms with Gasteiger partial charge in [0.15, 0.2) is 0 Å². The van der Waals surface area contributed by atoms with Crippen molar-refractivity contribution >= 4 is 28.3 Å². The van der Waals surface area contributed by atoms with E-state index in [1.165, 1.54) is 11.0 Å². The average Bonchev–Trinajstić information content (AvgIpc) is 3.28. The summed E-state index contributed by atoms with van der Waals surface area (Å²) in [6, 6.07) is 8.09. The number of alkyl halides is 3. The lowest BCUT2D eigenvalue weighted by Gasteiger charge is -2.33. The summed E-state index contributed by atoms with van der Waals surface area (Å²) in [4.78, 5) is 23.2. The van der Waals surface area contributed by atoms with Crippen LogP contribution < -0.4 is 5.73 Å². The first kappa shape index (κ1) is 20.3. The Balaban J connectivity index is 1.50. The molecule has 2 aromatic heterocycles. The van der Waals surface area contributed by atoms with Crippen LogP contribution in [0.4, 0.5) is 19.0 Å². The van der Waals surface area contributed by atoms with E-state index in [9.17, 15) is 18.0 Å². The number of hydrogen-bond acceptors (Lipinski definition) is 5. The van der Waals surface area contributed by atoms with E-state index in [1.54, 1.807) is 42.2 Å². The number of carbonyl (C=O) groups excluding carboxylic acids is 1. The third-order valence-electron chi connectivity index (χ3n) is 5.77. The number of imidazole rings is 1. The zero-order valence-corrected chi connectivity index (χ0v) is 16.9. The number of benzene rings is 2. The lowest BCUT2D eigenvalue weighted by atomic mass is 9.95. The number of anilines is 1. The fraction of sp³-hybridized carbons (Fsp3) is 0.227. The van der Waals surface area contributed by atoms with Gasteiger partial charge in [-0.05, 0) is 41.5 Å². The highest BCUT2D eigenvalue weighted by Gasteiger charge is 2.34. The Hall–Kier alpha value is -3.66. The molecule has 1 amide bonds. The van der Waals surface area contributed by atoms with Gasteiger partial charge in [-0.2, -0.15) is 13.2 Å². The molecule has 1 unspecified atom stereocenters. The summed E-state index contributed by atoms with van der Waals surface area (Å²) >= 11 is 0. The summed E-state index contributed by atoms with van der Waals surface area (Å²) < 4.78 is 46.5. The van der Waals surface area contributed by atoms with Gasteiger partial charge < -0.3 is 15.4 Å². The van der Waals surface area contributed by atoms with Crippen LogP contribution in [0.1, 0.15) is 33.1 Å². The number of nitrogen functional groups attached to an aromatic ring is 1. The van der Waals surface area contributed by atoms with Crippen molar-refractivity contribution in [1.29, 1.82) is 0 Å². The van der Waals surface area contributed by atoms with E-state index in [2.05, 4.69) is 9.97 Å². The Morgan fingerprint density at radius 2 is 2.03 bits per heavy atom. The highest BCUT2D eigenvalue weighted by Crippen LogP contribution is 2.35. The Labute approximate surface area is 180 Å². The molecule has 1 aliphatic heterocycles. The summed E-state index contributed by atoms with van der Waals surface area (Å²) in [6.45, 7) is 0.261. The number of halogens is 3. The quantitative estimate of drug-likeness (QED) is 0.511. The van der Waals surface area contributed by atoms with Crippen LogP contribution in [0.2, 0.25) is 0 Å². The van der Waals surface area contributed by atoms with Gasteiger partial charge in [0, 0.05) is 12.6 Å². The van der Waals surface area contributed by atoms with Crippen LogP contribution in [0.3, 0.4) is 0 Å². The third-order valence-corrected chi connectivity index (χ3v) is 5.77. The van der Waals surface area contributed by atoms with E-state index in [4.69, 9.17) is 10.5 Å². The zero-order chi connectivity index (χ0) is 22.6. The minimum Gasteiger partial charge on any atom is -0.382 e. The predicted octanol–water partition coefficient (Wildman–Crippen LogP) is 3.83. The Morgan fingerprint density at radius 3 is 2.81 bits per heavy atom. The van der Waals surface area contributed by atoms with E-state index in [0.717, 1.165) is 12.1 Å². The summed E-state index contributed by atoms with van der Waals surface area (Å²) in [5.74, 6) is 0.0405. The van der Waals surface area contributed by atoms with Crippen molar-refractivity contribution in [3.8, 4) is 0 Å². The van der Waals surface area contributed by atoms with Crippen LogP contribution in [0, 0.1) is 0 Å². The van der Waals surface area contributed by atoms with Crippen LogP contribution in [-0.4, -0.2) is 38.8 Å². The molecule has 7 nitrogen and oxygen atoms in total. The molecular weight excluding hydrogens is 423 g/mol. The van der Waals surface area contributed by atoms with Crippen LogP contribution >= 0.6 is 0 Å². The molecular formula is C22H18F3N5O2. The van der Waals surface area contributed by atoms with Crippen molar-refractivity contribution in [3.05, 3.63) is 71.2 Å². The lowest BCUT2D eigenvalue weighted by molar-refractivity contribution is -0.137. The Morgan fingerprint density at radius 1 is 1.22 bits per heavy atom. The molecule has 4 aromatic rings. The number of rotatable bonds is 2. The van der Waals surface area contributed by atoms with Crippen LogP contribution in [0.5, 0.6) is 0 Å². The van der Waals surface area contributed by atoms with E-state index < -0.39 is 17.8 Å². The van der Waals surface area contributed by atoms with Crippen LogP contribution in [0.15, 0.2) is 48.9 Å². The molecule has 0 bridgehead atoms. The number of nitrogens with two attached hydrogens (primary N) is 1. The first-order valence-corrected chi connectivity index (χ1v) is 9.80. The molecule has 164 valence electrons. The number of hydrogen-bond donors (Lipinski definition) is 1. The molecule has 0 saturated heterocycles. The number of aromatic nitrogens is 3. The fourth-order valence-electron chi connectivity index (χ4n) is 4.08. The molecule has 0 fully saturated rings. The second kappa shape index (κ2) is 7.20. The molecule has 5 rings (SSSR count). The van der Waals surface area contributed by atoms with Crippen molar-refractivity contribution in [1.82, 2.24) is 19.3 Å². The highest BCUT2D eigenvalue weighted by molar-refractivity contribution is 5.98. The first-order chi connectivity index (χ1) is 15.2. The standard InChI is InChI=1S/C22H18F3N5O2/c1-29(19-10-32-9-13-6-14(22(23,24)25)3-4-15(13)19)21(31)12-2-5-16-17(7-12)30-11-27-8-18(30)20(26)28-16/h2-8,11,19H,9-10H2,1H3,(H2,26,28).